The van der Waals surface area contributed by atoms with Crippen LogP contribution in [0, 0.1) is 5.92 Å². The van der Waals surface area contributed by atoms with Crippen molar-refractivity contribution in [2.75, 3.05) is 18.1 Å². The average molecular weight is 394 g/mol. The Morgan fingerprint density at radius 1 is 1.26 bits per heavy atom. The minimum atomic E-state index is -0.997. The fraction of sp³-hybridized carbons (Fsp3) is 0.579. The minimum Gasteiger partial charge on any atom is -0.481 e. The monoisotopic (exact) mass is 393 g/mol. The summed E-state index contributed by atoms with van der Waals surface area (Å²) in [5, 5.41) is 14.9. The lowest BCUT2D eigenvalue weighted by Crippen LogP contribution is -2.43. The number of rotatable bonds is 10. The largest absolute Gasteiger partial charge is 0.481 e. The maximum atomic E-state index is 12.5. The highest BCUT2D eigenvalue weighted by atomic mass is 32.2. The number of carboxylic acids is 1. The summed E-state index contributed by atoms with van der Waals surface area (Å²) in [6, 6.07) is 3.42. The van der Waals surface area contributed by atoms with E-state index in [1.54, 1.807) is 18.3 Å². The van der Waals surface area contributed by atoms with Crippen molar-refractivity contribution < 1.29 is 19.5 Å². The Balaban J connectivity index is 1.69. The van der Waals surface area contributed by atoms with E-state index < -0.39 is 11.9 Å². The maximum absolute atomic E-state index is 12.5. The van der Waals surface area contributed by atoms with Gasteiger partial charge in [0.2, 0.25) is 0 Å². The number of aromatic nitrogens is 1. The number of amides is 2. The molecular formula is C19H27N3O4S. The predicted molar refractivity (Wildman–Crippen MR) is 105 cm³/mol. The first kappa shape index (κ1) is 21.2. The maximum Gasteiger partial charge on any atom is 0.315 e. The molecule has 0 aliphatic heterocycles. The quantitative estimate of drug-likeness (QED) is 0.417. The van der Waals surface area contributed by atoms with Gasteiger partial charge in [-0.1, -0.05) is 19.3 Å². The van der Waals surface area contributed by atoms with Crippen LogP contribution in [0.1, 0.15) is 48.9 Å². The number of urea groups is 1. The van der Waals surface area contributed by atoms with Crippen LogP contribution in [0.4, 0.5) is 4.79 Å². The zero-order chi connectivity index (χ0) is 19.5. The average Bonchev–Trinajstić information content (AvgIpc) is 2.67. The van der Waals surface area contributed by atoms with Gasteiger partial charge < -0.3 is 15.7 Å². The van der Waals surface area contributed by atoms with Crippen LogP contribution >= 0.6 is 11.8 Å². The van der Waals surface area contributed by atoms with Crippen molar-refractivity contribution in [1.29, 1.82) is 0 Å². The van der Waals surface area contributed by atoms with Gasteiger partial charge in [0.25, 0.3) is 0 Å². The van der Waals surface area contributed by atoms with Crippen molar-refractivity contribution in [2.45, 2.75) is 44.6 Å². The van der Waals surface area contributed by atoms with Gasteiger partial charge in [0, 0.05) is 48.0 Å². The Hall–Kier alpha value is -2.09. The number of aliphatic carboxylic acids is 1. The Bertz CT molecular complexity index is 621. The predicted octanol–water partition coefficient (Wildman–Crippen LogP) is 2.72. The molecule has 1 aromatic heterocycles. The number of carbonyl (C=O) groups excluding carboxylic acids is 2. The molecule has 1 unspecified atom stereocenters. The van der Waals surface area contributed by atoms with Gasteiger partial charge in [0.15, 0.2) is 5.78 Å². The lowest BCUT2D eigenvalue weighted by molar-refractivity contribution is -0.137. The van der Waals surface area contributed by atoms with E-state index in [0.717, 1.165) is 25.7 Å². The first-order valence-electron chi connectivity index (χ1n) is 9.34. The lowest BCUT2D eigenvalue weighted by atomic mass is 9.96. The summed E-state index contributed by atoms with van der Waals surface area (Å²) in [6.07, 6.45) is 8.46. The summed E-state index contributed by atoms with van der Waals surface area (Å²) in [7, 11) is 0. The molecule has 3 N–H and O–H groups in total. The molecule has 0 radical (unpaired) electrons. The van der Waals surface area contributed by atoms with Gasteiger partial charge >= 0.3 is 12.0 Å². The first-order chi connectivity index (χ1) is 13.1. The van der Waals surface area contributed by atoms with Crippen molar-refractivity contribution in [3.63, 3.8) is 0 Å². The van der Waals surface area contributed by atoms with Crippen LogP contribution in [0.3, 0.4) is 0 Å². The highest BCUT2D eigenvalue weighted by Gasteiger charge is 2.23. The second-order valence-electron chi connectivity index (χ2n) is 6.71. The van der Waals surface area contributed by atoms with Gasteiger partial charge in [-0.05, 0) is 25.0 Å². The molecule has 27 heavy (non-hydrogen) atoms. The van der Waals surface area contributed by atoms with Crippen molar-refractivity contribution in [3.05, 3.63) is 30.1 Å². The van der Waals surface area contributed by atoms with E-state index in [1.807, 2.05) is 0 Å². The number of thioether (sulfide) groups is 1. The molecule has 1 aliphatic rings. The van der Waals surface area contributed by atoms with E-state index >= 15 is 0 Å². The van der Waals surface area contributed by atoms with Gasteiger partial charge in [-0.2, -0.15) is 11.8 Å². The molecule has 1 aromatic rings. The van der Waals surface area contributed by atoms with E-state index in [4.69, 9.17) is 5.11 Å². The molecule has 0 aromatic carbocycles. The number of ketones is 1. The molecule has 1 heterocycles. The lowest BCUT2D eigenvalue weighted by Gasteiger charge is -2.22. The summed E-state index contributed by atoms with van der Waals surface area (Å²) >= 11 is 1.47. The highest BCUT2D eigenvalue weighted by molar-refractivity contribution is 7.99. The minimum absolute atomic E-state index is 0.156. The molecule has 1 aliphatic carbocycles. The third-order valence-electron chi connectivity index (χ3n) is 4.53. The molecule has 7 nitrogen and oxygen atoms in total. The van der Waals surface area contributed by atoms with Crippen molar-refractivity contribution in [2.24, 2.45) is 5.92 Å². The van der Waals surface area contributed by atoms with E-state index in [-0.39, 0.29) is 24.3 Å². The van der Waals surface area contributed by atoms with E-state index in [2.05, 4.69) is 15.6 Å². The smallest absolute Gasteiger partial charge is 0.315 e. The molecule has 8 heteroatoms. The van der Waals surface area contributed by atoms with Gasteiger partial charge in [-0.15, -0.1) is 0 Å². The molecule has 2 rings (SSSR count). The molecule has 0 spiro atoms. The molecule has 0 bridgehead atoms. The van der Waals surface area contributed by atoms with Crippen LogP contribution in [-0.2, 0) is 4.79 Å². The number of nitrogens with one attached hydrogen (secondary N) is 2. The Labute approximate surface area is 163 Å². The van der Waals surface area contributed by atoms with Gasteiger partial charge in [-0.3, -0.25) is 14.6 Å². The topological polar surface area (TPSA) is 108 Å². The fourth-order valence-electron chi connectivity index (χ4n) is 3.13. The van der Waals surface area contributed by atoms with Crippen LogP contribution in [0.2, 0.25) is 0 Å². The van der Waals surface area contributed by atoms with Crippen LogP contribution in [-0.4, -0.2) is 52.0 Å². The normalized spacial score (nSPS) is 15.7. The van der Waals surface area contributed by atoms with Crippen LogP contribution < -0.4 is 10.6 Å². The van der Waals surface area contributed by atoms with Gasteiger partial charge in [0.1, 0.15) is 0 Å². The Morgan fingerprint density at radius 3 is 2.70 bits per heavy atom. The summed E-state index contributed by atoms with van der Waals surface area (Å²) in [5.74, 6) is -0.794. The molecular weight excluding hydrogens is 366 g/mol. The Kier molecular flexibility index (Phi) is 9.10. The molecule has 148 valence electrons. The van der Waals surface area contributed by atoms with E-state index in [9.17, 15) is 14.4 Å². The highest BCUT2D eigenvalue weighted by Crippen LogP contribution is 2.18. The number of nitrogens with zero attached hydrogens (tertiary/aromatic N) is 1. The zero-order valence-corrected chi connectivity index (χ0v) is 16.2. The molecule has 2 amide bonds. The number of hydrogen-bond donors (Lipinski definition) is 3. The van der Waals surface area contributed by atoms with Crippen LogP contribution in [0.25, 0.3) is 0 Å². The fourth-order valence-corrected chi connectivity index (χ4v) is 4.09. The second-order valence-corrected chi connectivity index (χ2v) is 7.86. The SMILES string of the molecule is O=C(O)CC(CSCCNC(=O)NC1CCCCC1)C(=O)c1cccnc1. The zero-order valence-electron chi connectivity index (χ0n) is 15.4. The van der Waals surface area contributed by atoms with Crippen LogP contribution in [0.15, 0.2) is 24.5 Å². The summed E-state index contributed by atoms with van der Waals surface area (Å²) in [6.45, 7) is 0.476. The van der Waals surface area contributed by atoms with Crippen molar-refractivity contribution >= 4 is 29.5 Å². The van der Waals surface area contributed by atoms with Crippen molar-refractivity contribution in [3.8, 4) is 0 Å². The molecule has 0 saturated heterocycles. The van der Waals surface area contributed by atoms with Gasteiger partial charge in [-0.25, -0.2) is 4.79 Å². The number of carbonyl (C=O) groups is 3. The van der Waals surface area contributed by atoms with E-state index in [1.165, 1.54) is 24.4 Å². The first-order valence-corrected chi connectivity index (χ1v) is 10.5. The standard InChI is InChI=1S/C19H27N3O4S/c23-17(24)11-15(18(25)14-5-4-8-20-12-14)13-27-10-9-21-19(26)22-16-6-2-1-3-7-16/h4-5,8,12,15-16H,1-3,6-7,9-11,13H2,(H,23,24)(H2,21,22,26). The van der Waals surface area contributed by atoms with E-state index in [0.29, 0.717) is 23.6 Å². The van der Waals surface area contributed by atoms with Crippen LogP contribution in [0.5, 0.6) is 0 Å². The van der Waals surface area contributed by atoms with Gasteiger partial charge in [0.05, 0.1) is 6.42 Å². The third kappa shape index (κ3) is 7.99. The number of Topliss-reactive ketones (excluding diaryl/α,β-unsaturated/α-hetero) is 1. The summed E-state index contributed by atoms with van der Waals surface area (Å²) in [5.41, 5.74) is 0.425. The Morgan fingerprint density at radius 2 is 2.04 bits per heavy atom. The van der Waals surface area contributed by atoms with Crippen molar-refractivity contribution in [1.82, 2.24) is 15.6 Å². The molecule has 1 fully saturated rings. The summed E-state index contributed by atoms with van der Waals surface area (Å²) < 4.78 is 0. The summed E-state index contributed by atoms with van der Waals surface area (Å²) in [4.78, 5) is 39.3. The number of hydrogen-bond acceptors (Lipinski definition) is 5. The second kappa shape index (κ2) is 11.6. The number of carboxylic acid groups (broad SMARTS) is 1. The molecule has 1 saturated carbocycles. The number of pyridine rings is 1. The third-order valence-corrected chi connectivity index (χ3v) is 5.66. The molecule has 1 atom stereocenters.